The highest BCUT2D eigenvalue weighted by Crippen LogP contribution is 2.39. The molecular formula is C14H11ClF3N3. The van der Waals surface area contributed by atoms with E-state index in [9.17, 15) is 13.2 Å². The van der Waals surface area contributed by atoms with Crippen molar-refractivity contribution in [3.63, 3.8) is 0 Å². The summed E-state index contributed by atoms with van der Waals surface area (Å²) in [5.41, 5.74) is 7.44. The first-order chi connectivity index (χ1) is 9.86. The van der Waals surface area contributed by atoms with Crippen LogP contribution in [0.25, 0.3) is 0 Å². The second kappa shape index (κ2) is 4.80. The normalized spacial score (nSPS) is 14.4. The number of hydrogen-bond donors (Lipinski definition) is 1. The molecule has 1 aromatic carbocycles. The van der Waals surface area contributed by atoms with Gasteiger partial charge in [-0.2, -0.15) is 13.2 Å². The number of nitrogens with two attached hydrogens (primary N) is 1. The molecule has 21 heavy (non-hydrogen) atoms. The summed E-state index contributed by atoms with van der Waals surface area (Å²) < 4.78 is 37.9. The molecule has 0 saturated carbocycles. The minimum atomic E-state index is -4.45. The Labute approximate surface area is 124 Å². The molecule has 0 unspecified atom stereocenters. The SMILES string of the molecule is Nc1ccc2c(c1)CCN2c1ncc(C(F)(F)F)cc1Cl. The zero-order chi connectivity index (χ0) is 15.2. The van der Waals surface area contributed by atoms with Gasteiger partial charge in [-0.25, -0.2) is 4.98 Å². The van der Waals surface area contributed by atoms with E-state index in [0.717, 1.165) is 29.9 Å². The first kappa shape index (κ1) is 14.0. The van der Waals surface area contributed by atoms with Crippen molar-refractivity contribution in [1.82, 2.24) is 4.98 Å². The zero-order valence-corrected chi connectivity index (χ0v) is 11.5. The highest BCUT2D eigenvalue weighted by Gasteiger charge is 2.32. The number of fused-ring (bicyclic) bond motifs is 1. The lowest BCUT2D eigenvalue weighted by Crippen LogP contribution is -2.16. The third-order valence-corrected chi connectivity index (χ3v) is 3.68. The van der Waals surface area contributed by atoms with Crippen LogP contribution >= 0.6 is 11.6 Å². The Balaban J connectivity index is 2.00. The number of benzene rings is 1. The van der Waals surface area contributed by atoms with Gasteiger partial charge in [0.05, 0.1) is 10.6 Å². The fourth-order valence-electron chi connectivity index (χ4n) is 2.43. The molecule has 0 aliphatic carbocycles. The predicted octanol–water partition coefficient (Wildman–Crippen LogP) is 4.03. The maximum atomic E-state index is 12.6. The first-order valence-corrected chi connectivity index (χ1v) is 6.63. The van der Waals surface area contributed by atoms with E-state index < -0.39 is 11.7 Å². The topological polar surface area (TPSA) is 42.1 Å². The maximum Gasteiger partial charge on any atom is 0.417 e. The van der Waals surface area contributed by atoms with Crippen molar-refractivity contribution in [2.75, 3.05) is 17.2 Å². The van der Waals surface area contributed by atoms with Gasteiger partial charge >= 0.3 is 6.18 Å². The van der Waals surface area contributed by atoms with E-state index in [1.165, 1.54) is 0 Å². The monoisotopic (exact) mass is 313 g/mol. The van der Waals surface area contributed by atoms with Crippen LogP contribution in [0.2, 0.25) is 5.02 Å². The lowest BCUT2D eigenvalue weighted by Gasteiger charge is -2.20. The average Bonchev–Trinajstić information content (AvgIpc) is 2.80. The van der Waals surface area contributed by atoms with E-state index in [-0.39, 0.29) is 5.02 Å². The second-order valence-corrected chi connectivity index (χ2v) is 5.22. The van der Waals surface area contributed by atoms with E-state index in [2.05, 4.69) is 4.98 Å². The van der Waals surface area contributed by atoms with Crippen molar-refractivity contribution in [3.8, 4) is 0 Å². The molecule has 0 atom stereocenters. The minimum Gasteiger partial charge on any atom is -0.399 e. The maximum absolute atomic E-state index is 12.6. The van der Waals surface area contributed by atoms with Crippen molar-refractivity contribution >= 4 is 28.8 Å². The summed E-state index contributed by atoms with van der Waals surface area (Å²) >= 11 is 5.98. The fourth-order valence-corrected chi connectivity index (χ4v) is 2.69. The van der Waals surface area contributed by atoms with Crippen LogP contribution < -0.4 is 10.6 Å². The highest BCUT2D eigenvalue weighted by atomic mass is 35.5. The first-order valence-electron chi connectivity index (χ1n) is 6.25. The molecule has 1 aliphatic rings. The van der Waals surface area contributed by atoms with Gasteiger partial charge < -0.3 is 10.6 Å². The van der Waals surface area contributed by atoms with Gasteiger partial charge in [-0.3, -0.25) is 0 Å². The van der Waals surface area contributed by atoms with Crippen LogP contribution in [0.15, 0.2) is 30.5 Å². The number of aromatic nitrogens is 1. The summed E-state index contributed by atoms with van der Waals surface area (Å²) in [6.07, 6.45) is -2.90. The van der Waals surface area contributed by atoms with Crippen LogP contribution in [0.5, 0.6) is 0 Å². The Hall–Kier alpha value is -1.95. The number of pyridine rings is 1. The summed E-state index contributed by atoms with van der Waals surface area (Å²) in [4.78, 5) is 5.69. The molecule has 0 saturated heterocycles. The van der Waals surface area contributed by atoms with Crippen molar-refractivity contribution in [2.24, 2.45) is 0 Å². The van der Waals surface area contributed by atoms with E-state index in [4.69, 9.17) is 17.3 Å². The largest absolute Gasteiger partial charge is 0.417 e. The van der Waals surface area contributed by atoms with Gasteiger partial charge in [0.2, 0.25) is 0 Å². The quantitative estimate of drug-likeness (QED) is 0.808. The molecule has 3 nitrogen and oxygen atoms in total. The Morgan fingerprint density at radius 2 is 2.00 bits per heavy atom. The van der Waals surface area contributed by atoms with Crippen molar-refractivity contribution in [3.05, 3.63) is 46.6 Å². The smallest absolute Gasteiger partial charge is 0.399 e. The zero-order valence-electron chi connectivity index (χ0n) is 10.8. The molecule has 2 N–H and O–H groups in total. The third-order valence-electron chi connectivity index (χ3n) is 3.40. The number of alkyl halides is 3. The van der Waals surface area contributed by atoms with Gasteiger partial charge in [0.15, 0.2) is 5.82 Å². The summed E-state index contributed by atoms with van der Waals surface area (Å²) in [6, 6.07) is 6.33. The van der Waals surface area contributed by atoms with Crippen LogP contribution in [0.1, 0.15) is 11.1 Å². The molecule has 0 spiro atoms. The Morgan fingerprint density at radius 1 is 1.24 bits per heavy atom. The summed E-state index contributed by atoms with van der Waals surface area (Å²) in [5.74, 6) is 0.327. The van der Waals surface area contributed by atoms with Crippen molar-refractivity contribution < 1.29 is 13.2 Å². The van der Waals surface area contributed by atoms with Gasteiger partial charge in [0, 0.05) is 24.1 Å². The standard InChI is InChI=1S/C14H11ClF3N3/c15-11-6-9(14(16,17)18)7-20-13(11)21-4-3-8-5-10(19)1-2-12(8)21/h1-2,5-7H,3-4,19H2. The number of nitrogens with zero attached hydrogens (tertiary/aromatic N) is 2. The molecule has 1 aromatic heterocycles. The van der Waals surface area contributed by atoms with Gasteiger partial charge in [0.25, 0.3) is 0 Å². The lowest BCUT2D eigenvalue weighted by molar-refractivity contribution is -0.137. The number of nitrogen functional groups attached to an aromatic ring is 1. The van der Waals surface area contributed by atoms with Crippen LogP contribution in [0.3, 0.4) is 0 Å². The second-order valence-electron chi connectivity index (χ2n) is 4.82. The Morgan fingerprint density at radius 3 is 2.67 bits per heavy atom. The van der Waals surface area contributed by atoms with Crippen molar-refractivity contribution in [1.29, 1.82) is 0 Å². The highest BCUT2D eigenvalue weighted by molar-refractivity contribution is 6.33. The predicted molar refractivity (Wildman–Crippen MR) is 75.8 cm³/mol. The third kappa shape index (κ3) is 2.51. The van der Waals surface area contributed by atoms with Gasteiger partial charge in [-0.1, -0.05) is 11.6 Å². The van der Waals surface area contributed by atoms with Crippen LogP contribution in [0, 0.1) is 0 Å². The van der Waals surface area contributed by atoms with Gasteiger partial charge in [0.1, 0.15) is 0 Å². The van der Waals surface area contributed by atoms with E-state index >= 15 is 0 Å². The number of halogens is 4. The molecule has 0 fully saturated rings. The number of rotatable bonds is 1. The van der Waals surface area contributed by atoms with E-state index in [0.29, 0.717) is 18.1 Å². The Bertz CT molecular complexity index is 700. The summed E-state index contributed by atoms with van der Waals surface area (Å²) in [5, 5.41) is -0.0190. The number of hydrogen-bond acceptors (Lipinski definition) is 3. The van der Waals surface area contributed by atoms with Crippen LogP contribution in [-0.2, 0) is 12.6 Å². The molecule has 3 rings (SSSR count). The van der Waals surface area contributed by atoms with Crippen LogP contribution in [-0.4, -0.2) is 11.5 Å². The minimum absolute atomic E-state index is 0.0190. The van der Waals surface area contributed by atoms with E-state index in [1.54, 1.807) is 11.0 Å². The molecule has 110 valence electrons. The molecule has 1 aliphatic heterocycles. The molecule has 0 amide bonds. The summed E-state index contributed by atoms with van der Waals surface area (Å²) in [6.45, 7) is 0.608. The lowest BCUT2D eigenvalue weighted by atomic mass is 10.1. The van der Waals surface area contributed by atoms with Crippen molar-refractivity contribution in [2.45, 2.75) is 12.6 Å². The number of anilines is 3. The molecule has 2 aromatic rings. The molecule has 7 heteroatoms. The average molecular weight is 314 g/mol. The molecule has 0 radical (unpaired) electrons. The molecule has 2 heterocycles. The molecular weight excluding hydrogens is 303 g/mol. The van der Waals surface area contributed by atoms with E-state index in [1.807, 2.05) is 12.1 Å². The molecule has 0 bridgehead atoms. The van der Waals surface area contributed by atoms with Gasteiger partial charge in [-0.05, 0) is 36.2 Å². The summed E-state index contributed by atoms with van der Waals surface area (Å²) in [7, 11) is 0. The van der Waals surface area contributed by atoms with Gasteiger partial charge in [-0.15, -0.1) is 0 Å². The van der Waals surface area contributed by atoms with Crippen LogP contribution in [0.4, 0.5) is 30.4 Å². The fraction of sp³-hybridized carbons (Fsp3) is 0.214. The Kier molecular flexibility index (Phi) is 3.20.